The van der Waals surface area contributed by atoms with E-state index in [0.717, 1.165) is 0 Å². The van der Waals surface area contributed by atoms with Crippen LogP contribution in [0.2, 0.25) is 0 Å². The summed E-state index contributed by atoms with van der Waals surface area (Å²) in [6.45, 7) is 2.45. The molecule has 0 N–H and O–H groups in total. The predicted octanol–water partition coefficient (Wildman–Crippen LogP) is 2.71. The topological polar surface area (TPSA) is 49.9 Å². The van der Waals surface area contributed by atoms with Gasteiger partial charge in [-0.15, -0.1) is 0 Å². The number of piperazine rings is 1. The summed E-state index contributed by atoms with van der Waals surface area (Å²) in [6.07, 6.45) is 0. The molecule has 1 aliphatic heterocycles. The second-order valence-corrected chi connectivity index (χ2v) is 5.84. The summed E-state index contributed by atoms with van der Waals surface area (Å²) in [6, 6.07) is 12.1. The first-order valence-corrected chi connectivity index (χ1v) is 8.04. The number of amides is 2. The van der Waals surface area contributed by atoms with Gasteiger partial charge in [0.25, 0.3) is 5.91 Å². The number of hydrogen-bond acceptors (Lipinski definition) is 3. The van der Waals surface area contributed by atoms with Crippen molar-refractivity contribution in [2.45, 2.75) is 13.0 Å². The van der Waals surface area contributed by atoms with E-state index in [0.29, 0.717) is 30.1 Å². The van der Waals surface area contributed by atoms with Crippen molar-refractivity contribution in [3.63, 3.8) is 0 Å². The largest absolute Gasteiger partial charge is 0.496 e. The zero-order valence-electron chi connectivity index (χ0n) is 14.1. The van der Waals surface area contributed by atoms with E-state index in [9.17, 15) is 14.0 Å². The highest BCUT2D eigenvalue weighted by atomic mass is 19.1. The third-order valence-corrected chi connectivity index (χ3v) is 4.39. The minimum Gasteiger partial charge on any atom is -0.496 e. The molecule has 1 fully saturated rings. The standard InChI is InChI=1S/C19H19FN2O3/c1-13-18(23)22(15-9-7-14(20)8-10-15)12-11-21(13)19(24)16-5-3-4-6-17(16)25-2/h3-10,13H,11-12H2,1-2H3/t13-/m1/s1. The number of rotatable bonds is 3. The van der Waals surface area contributed by atoms with Gasteiger partial charge in [0.15, 0.2) is 0 Å². The molecule has 130 valence electrons. The molecular formula is C19H19FN2O3. The Morgan fingerprint density at radius 2 is 1.80 bits per heavy atom. The Morgan fingerprint density at radius 1 is 1.12 bits per heavy atom. The van der Waals surface area contributed by atoms with Crippen LogP contribution in [-0.2, 0) is 4.79 Å². The molecule has 2 amide bonds. The fourth-order valence-corrected chi connectivity index (χ4v) is 3.00. The van der Waals surface area contributed by atoms with Gasteiger partial charge in [-0.1, -0.05) is 12.1 Å². The van der Waals surface area contributed by atoms with Gasteiger partial charge < -0.3 is 14.5 Å². The molecule has 2 aromatic carbocycles. The van der Waals surface area contributed by atoms with Crippen molar-refractivity contribution in [2.24, 2.45) is 0 Å². The normalized spacial score (nSPS) is 17.6. The Kier molecular flexibility index (Phi) is 4.70. The molecule has 1 saturated heterocycles. The van der Waals surface area contributed by atoms with Crippen molar-refractivity contribution in [1.29, 1.82) is 0 Å². The molecule has 1 aliphatic rings. The van der Waals surface area contributed by atoms with E-state index in [1.54, 1.807) is 53.1 Å². The first-order chi connectivity index (χ1) is 12.0. The Labute approximate surface area is 145 Å². The number of nitrogens with zero attached hydrogens (tertiary/aromatic N) is 2. The van der Waals surface area contributed by atoms with Crippen molar-refractivity contribution in [1.82, 2.24) is 4.90 Å². The van der Waals surface area contributed by atoms with Crippen LogP contribution >= 0.6 is 0 Å². The molecule has 2 aromatic rings. The van der Waals surface area contributed by atoms with Crippen LogP contribution in [0.25, 0.3) is 0 Å². The summed E-state index contributed by atoms with van der Waals surface area (Å²) < 4.78 is 18.3. The van der Waals surface area contributed by atoms with E-state index in [2.05, 4.69) is 0 Å². The van der Waals surface area contributed by atoms with Crippen molar-refractivity contribution in [2.75, 3.05) is 25.1 Å². The highest BCUT2D eigenvalue weighted by Gasteiger charge is 2.36. The van der Waals surface area contributed by atoms with Crippen molar-refractivity contribution in [3.8, 4) is 5.75 Å². The molecule has 0 spiro atoms. The number of para-hydroxylation sites is 1. The number of anilines is 1. The number of carbonyl (C=O) groups excluding carboxylic acids is 2. The summed E-state index contributed by atoms with van der Waals surface area (Å²) in [5.41, 5.74) is 1.06. The van der Waals surface area contributed by atoms with Crippen LogP contribution in [0.15, 0.2) is 48.5 Å². The van der Waals surface area contributed by atoms with E-state index in [1.165, 1.54) is 19.2 Å². The number of benzene rings is 2. The fourth-order valence-electron chi connectivity index (χ4n) is 3.00. The minimum atomic E-state index is -0.615. The first-order valence-electron chi connectivity index (χ1n) is 8.04. The van der Waals surface area contributed by atoms with Gasteiger partial charge in [0.1, 0.15) is 17.6 Å². The van der Waals surface area contributed by atoms with Gasteiger partial charge in [-0.3, -0.25) is 9.59 Å². The quantitative estimate of drug-likeness (QED) is 0.862. The summed E-state index contributed by atoms with van der Waals surface area (Å²) in [7, 11) is 1.51. The van der Waals surface area contributed by atoms with Gasteiger partial charge in [-0.2, -0.15) is 0 Å². The average Bonchev–Trinajstić information content (AvgIpc) is 2.64. The van der Waals surface area contributed by atoms with Gasteiger partial charge in [0.2, 0.25) is 5.91 Å². The summed E-state index contributed by atoms with van der Waals surface area (Å²) in [4.78, 5) is 28.7. The van der Waals surface area contributed by atoms with Crippen molar-refractivity contribution < 1.29 is 18.7 Å². The molecular weight excluding hydrogens is 323 g/mol. The van der Waals surface area contributed by atoms with Crippen molar-refractivity contribution >= 4 is 17.5 Å². The van der Waals surface area contributed by atoms with Crippen LogP contribution in [0.1, 0.15) is 17.3 Å². The zero-order chi connectivity index (χ0) is 18.0. The van der Waals surface area contributed by atoms with Gasteiger partial charge in [-0.25, -0.2) is 4.39 Å². The SMILES string of the molecule is COc1ccccc1C(=O)N1CCN(c2ccc(F)cc2)C(=O)[C@H]1C. The van der Waals surface area contributed by atoms with Gasteiger partial charge in [-0.05, 0) is 43.3 Å². The van der Waals surface area contributed by atoms with Crippen LogP contribution in [0.5, 0.6) is 5.75 Å². The number of halogens is 1. The molecule has 0 aliphatic carbocycles. The average molecular weight is 342 g/mol. The van der Waals surface area contributed by atoms with E-state index < -0.39 is 6.04 Å². The van der Waals surface area contributed by atoms with Crippen LogP contribution in [0.3, 0.4) is 0 Å². The second-order valence-electron chi connectivity index (χ2n) is 5.84. The molecule has 0 aromatic heterocycles. The summed E-state index contributed by atoms with van der Waals surface area (Å²) in [5, 5.41) is 0. The highest BCUT2D eigenvalue weighted by Crippen LogP contribution is 2.25. The van der Waals surface area contributed by atoms with Gasteiger partial charge in [0, 0.05) is 18.8 Å². The summed E-state index contributed by atoms with van der Waals surface area (Å²) in [5.74, 6) is -0.305. The molecule has 0 saturated carbocycles. The van der Waals surface area contributed by atoms with E-state index in [4.69, 9.17) is 4.74 Å². The molecule has 6 heteroatoms. The van der Waals surface area contributed by atoms with Gasteiger partial charge in [0.05, 0.1) is 12.7 Å². The fraction of sp³-hybridized carbons (Fsp3) is 0.263. The number of methoxy groups -OCH3 is 1. The maximum atomic E-state index is 13.1. The third-order valence-electron chi connectivity index (χ3n) is 4.39. The van der Waals surface area contributed by atoms with E-state index >= 15 is 0 Å². The van der Waals surface area contributed by atoms with Gasteiger partial charge >= 0.3 is 0 Å². The highest BCUT2D eigenvalue weighted by molar-refractivity contribution is 6.04. The Balaban J connectivity index is 1.81. The number of ether oxygens (including phenoxy) is 1. The number of hydrogen-bond donors (Lipinski definition) is 0. The first kappa shape index (κ1) is 17.0. The Bertz CT molecular complexity index is 792. The summed E-state index contributed by atoms with van der Waals surface area (Å²) >= 11 is 0. The maximum Gasteiger partial charge on any atom is 0.258 e. The second kappa shape index (κ2) is 6.93. The lowest BCUT2D eigenvalue weighted by Gasteiger charge is -2.39. The van der Waals surface area contributed by atoms with Crippen LogP contribution in [0.4, 0.5) is 10.1 Å². The maximum absolute atomic E-state index is 13.1. The van der Waals surface area contributed by atoms with Crippen LogP contribution in [-0.4, -0.2) is 43.0 Å². The van der Waals surface area contributed by atoms with Crippen LogP contribution in [0, 0.1) is 5.82 Å². The molecule has 1 atom stereocenters. The monoisotopic (exact) mass is 342 g/mol. The van der Waals surface area contributed by atoms with E-state index in [-0.39, 0.29) is 17.6 Å². The molecule has 25 heavy (non-hydrogen) atoms. The van der Waals surface area contributed by atoms with E-state index in [1.807, 2.05) is 0 Å². The Morgan fingerprint density at radius 3 is 2.48 bits per heavy atom. The molecule has 1 heterocycles. The third kappa shape index (κ3) is 3.20. The molecule has 3 rings (SSSR count). The molecule has 5 nitrogen and oxygen atoms in total. The predicted molar refractivity (Wildman–Crippen MR) is 92.2 cm³/mol. The molecule has 0 unspecified atom stereocenters. The minimum absolute atomic E-state index is 0.193. The molecule has 0 bridgehead atoms. The lowest BCUT2D eigenvalue weighted by atomic mass is 10.1. The number of carbonyl (C=O) groups is 2. The lowest BCUT2D eigenvalue weighted by Crippen LogP contribution is -2.57. The van der Waals surface area contributed by atoms with Crippen LogP contribution < -0.4 is 9.64 Å². The smallest absolute Gasteiger partial charge is 0.258 e. The zero-order valence-corrected chi connectivity index (χ0v) is 14.1. The lowest BCUT2D eigenvalue weighted by molar-refractivity contribution is -0.124. The Hall–Kier alpha value is -2.89. The van der Waals surface area contributed by atoms with Crippen molar-refractivity contribution in [3.05, 3.63) is 59.9 Å². The molecule has 0 radical (unpaired) electrons.